The second kappa shape index (κ2) is 13.2. The summed E-state index contributed by atoms with van der Waals surface area (Å²) in [6.07, 6.45) is 11.2. The van der Waals surface area contributed by atoms with Crippen molar-refractivity contribution < 1.29 is 29.0 Å². The summed E-state index contributed by atoms with van der Waals surface area (Å²) in [5, 5.41) is 8.81. The van der Waals surface area contributed by atoms with Gasteiger partial charge in [0.05, 0.1) is 12.0 Å². The third kappa shape index (κ3) is 7.04. The van der Waals surface area contributed by atoms with E-state index in [1.807, 2.05) is 36.4 Å². The Hall–Kier alpha value is -2.93. The van der Waals surface area contributed by atoms with Gasteiger partial charge in [-0.2, -0.15) is 0 Å². The lowest BCUT2D eigenvalue weighted by atomic mass is 9.95. The number of amides is 2. The lowest BCUT2D eigenvalue weighted by molar-refractivity contribution is -0.142. The molecule has 0 aliphatic carbocycles. The molecule has 2 aliphatic rings. The number of ketones is 1. The van der Waals surface area contributed by atoms with Gasteiger partial charge in [-0.25, -0.2) is 9.69 Å². The molecule has 0 unspecified atom stereocenters. The predicted octanol–water partition coefficient (Wildman–Crippen LogP) is 5.25. The van der Waals surface area contributed by atoms with Crippen LogP contribution in [-0.2, 0) is 19.1 Å². The molecule has 1 N–H and O–H groups in total. The highest BCUT2D eigenvalue weighted by Gasteiger charge is 2.47. The average Bonchev–Trinajstić information content (AvgIpc) is 3.17. The Morgan fingerprint density at radius 1 is 1.00 bits per heavy atom. The largest absolute Gasteiger partial charge is 0.482 e. The first kappa shape index (κ1) is 26.7. The molecule has 0 bridgehead atoms. The number of imide groups is 1. The number of aliphatic hydroxyl groups excluding tert-OH is 1. The molecule has 3 rings (SSSR count). The highest BCUT2D eigenvalue weighted by atomic mass is 16.6. The minimum absolute atomic E-state index is 0.268. The Bertz CT molecular complexity index is 925. The maximum Gasteiger partial charge on any atom is 0.417 e. The molecule has 0 saturated carbocycles. The van der Waals surface area contributed by atoms with Gasteiger partial charge in [0.2, 0.25) is 5.91 Å². The van der Waals surface area contributed by atoms with Crippen LogP contribution in [0.15, 0.2) is 54.3 Å². The third-order valence-corrected chi connectivity index (χ3v) is 6.64. The summed E-state index contributed by atoms with van der Waals surface area (Å²) in [6, 6.07) is 8.82. The van der Waals surface area contributed by atoms with E-state index in [9.17, 15) is 14.4 Å². The lowest BCUT2D eigenvalue weighted by Gasteiger charge is -2.28. The summed E-state index contributed by atoms with van der Waals surface area (Å²) < 4.78 is 11.4. The van der Waals surface area contributed by atoms with Crippen LogP contribution in [0.2, 0.25) is 0 Å². The number of carbonyl (C=O) groups excluding carboxylic acids is 3. The average molecular weight is 484 g/mol. The topological polar surface area (TPSA) is 93.1 Å². The zero-order valence-electron chi connectivity index (χ0n) is 20.7. The van der Waals surface area contributed by atoms with Crippen molar-refractivity contribution >= 4 is 17.8 Å². The maximum absolute atomic E-state index is 13.3. The molecule has 0 radical (unpaired) electrons. The number of nitrogens with zero attached hydrogens (tertiary/aromatic N) is 1. The fourth-order valence-electron chi connectivity index (χ4n) is 4.55. The van der Waals surface area contributed by atoms with Crippen LogP contribution in [0.5, 0.6) is 0 Å². The van der Waals surface area contributed by atoms with Crippen LogP contribution in [0.25, 0.3) is 0 Å². The first-order chi connectivity index (χ1) is 16.9. The third-order valence-electron chi connectivity index (χ3n) is 6.64. The van der Waals surface area contributed by atoms with E-state index in [0.29, 0.717) is 5.76 Å². The molecule has 4 atom stereocenters. The van der Waals surface area contributed by atoms with E-state index < -0.39 is 36.2 Å². The number of rotatable bonds is 12. The predicted molar refractivity (Wildman–Crippen MR) is 132 cm³/mol. The van der Waals surface area contributed by atoms with Crippen LogP contribution < -0.4 is 0 Å². The van der Waals surface area contributed by atoms with E-state index >= 15 is 0 Å². The molecule has 1 fully saturated rings. The van der Waals surface area contributed by atoms with Gasteiger partial charge in [0.15, 0.2) is 11.9 Å². The van der Waals surface area contributed by atoms with Crippen LogP contribution in [0.3, 0.4) is 0 Å². The second-order valence-corrected chi connectivity index (χ2v) is 9.32. The van der Waals surface area contributed by atoms with Crippen LogP contribution in [0, 0.1) is 5.92 Å². The zero-order chi connectivity index (χ0) is 25.2. The lowest BCUT2D eigenvalue weighted by Crippen LogP contribution is -2.47. The Morgan fingerprint density at radius 2 is 1.66 bits per heavy atom. The maximum atomic E-state index is 13.3. The Kier molecular flexibility index (Phi) is 10.1. The molecule has 2 aliphatic heterocycles. The molecule has 0 aromatic heterocycles. The van der Waals surface area contributed by atoms with E-state index in [0.717, 1.165) is 55.4 Å². The fourth-order valence-corrected chi connectivity index (χ4v) is 4.55. The Balaban J connectivity index is 1.53. The van der Waals surface area contributed by atoms with Crippen molar-refractivity contribution in [1.29, 1.82) is 0 Å². The first-order valence-corrected chi connectivity index (χ1v) is 12.7. The van der Waals surface area contributed by atoms with Crippen molar-refractivity contribution in [3.8, 4) is 0 Å². The number of hydrogen-bond acceptors (Lipinski definition) is 6. The second-order valence-electron chi connectivity index (χ2n) is 9.32. The summed E-state index contributed by atoms with van der Waals surface area (Å²) in [7, 11) is 0. The van der Waals surface area contributed by atoms with Crippen molar-refractivity contribution in [3.05, 3.63) is 59.9 Å². The van der Waals surface area contributed by atoms with Crippen molar-refractivity contribution in [1.82, 2.24) is 4.90 Å². The van der Waals surface area contributed by atoms with Crippen molar-refractivity contribution in [2.45, 2.75) is 83.5 Å². The molecule has 2 heterocycles. The van der Waals surface area contributed by atoms with E-state index in [-0.39, 0.29) is 12.4 Å². The standard InChI is InChI=1S/C28H37NO6/c1-20(27(32)29-21(2)26(35-28(29)33)22-14-10-9-11-15-22)25-24(31)18-17-23(34-25)16-12-7-5-3-4-6-8-13-19-30/h9-11,14-18,20-21,25-26,30H,3-8,12-13,19H2,1-2H3/t20-,21-,25-,26-/m1/s1. The van der Waals surface area contributed by atoms with Crippen LogP contribution in [-0.4, -0.2) is 46.5 Å². The van der Waals surface area contributed by atoms with E-state index in [4.69, 9.17) is 14.6 Å². The van der Waals surface area contributed by atoms with Gasteiger partial charge in [-0.1, -0.05) is 62.4 Å². The van der Waals surface area contributed by atoms with Gasteiger partial charge >= 0.3 is 6.09 Å². The number of unbranched alkanes of at least 4 members (excludes halogenated alkanes) is 7. The van der Waals surface area contributed by atoms with Crippen molar-refractivity contribution in [2.24, 2.45) is 5.92 Å². The molecule has 190 valence electrons. The summed E-state index contributed by atoms with van der Waals surface area (Å²) in [5.74, 6) is -1.02. The summed E-state index contributed by atoms with van der Waals surface area (Å²) >= 11 is 0. The Labute approximate surface area is 207 Å². The van der Waals surface area contributed by atoms with Crippen LogP contribution in [0.4, 0.5) is 4.79 Å². The molecular formula is C28H37NO6. The van der Waals surface area contributed by atoms with Gasteiger partial charge in [0.25, 0.3) is 0 Å². The highest BCUT2D eigenvalue weighted by Crippen LogP contribution is 2.34. The molecular weight excluding hydrogens is 446 g/mol. The number of carbonyl (C=O) groups is 3. The monoisotopic (exact) mass is 483 g/mol. The highest BCUT2D eigenvalue weighted by molar-refractivity contribution is 6.01. The van der Waals surface area contributed by atoms with E-state index in [1.54, 1.807) is 19.9 Å². The van der Waals surface area contributed by atoms with Gasteiger partial charge in [-0.15, -0.1) is 0 Å². The molecule has 0 spiro atoms. The number of hydrogen-bond donors (Lipinski definition) is 1. The summed E-state index contributed by atoms with van der Waals surface area (Å²) in [6.45, 7) is 3.66. The molecule has 2 amide bonds. The first-order valence-electron chi connectivity index (χ1n) is 12.7. The number of ether oxygens (including phenoxy) is 2. The van der Waals surface area contributed by atoms with Gasteiger partial charge in [0, 0.05) is 6.61 Å². The molecule has 1 aromatic carbocycles. The van der Waals surface area contributed by atoms with Gasteiger partial charge in [-0.3, -0.25) is 9.59 Å². The number of allylic oxidation sites excluding steroid dienone is 2. The smallest absolute Gasteiger partial charge is 0.417 e. The molecule has 7 nitrogen and oxygen atoms in total. The quantitative estimate of drug-likeness (QED) is 0.408. The normalized spacial score (nSPS) is 23.9. The SMILES string of the molecule is C[C@@H]1[C@H](c2ccccc2)OC(=O)N1C(=O)[C@H](C)[C@H]1OC(=CCCCCCCCCCO)C=CC1=O. The van der Waals surface area contributed by atoms with Crippen molar-refractivity contribution in [2.75, 3.05) is 6.61 Å². The van der Waals surface area contributed by atoms with Gasteiger partial charge < -0.3 is 14.6 Å². The molecule has 35 heavy (non-hydrogen) atoms. The molecule has 1 saturated heterocycles. The van der Waals surface area contributed by atoms with E-state index in [1.165, 1.54) is 12.5 Å². The number of aliphatic hydroxyl groups is 1. The number of benzene rings is 1. The minimum Gasteiger partial charge on any atom is -0.482 e. The zero-order valence-corrected chi connectivity index (χ0v) is 20.7. The minimum atomic E-state index is -0.971. The molecule has 1 aromatic rings. The van der Waals surface area contributed by atoms with Gasteiger partial charge in [-0.05, 0) is 56.9 Å². The van der Waals surface area contributed by atoms with E-state index in [2.05, 4.69) is 0 Å². The Morgan fingerprint density at radius 3 is 2.34 bits per heavy atom. The van der Waals surface area contributed by atoms with Crippen LogP contribution in [0.1, 0.15) is 76.9 Å². The van der Waals surface area contributed by atoms with Gasteiger partial charge in [0.1, 0.15) is 11.9 Å². The molecule has 7 heteroatoms. The van der Waals surface area contributed by atoms with Crippen molar-refractivity contribution in [3.63, 3.8) is 0 Å². The fraction of sp³-hybridized carbons (Fsp3) is 0.536. The summed E-state index contributed by atoms with van der Waals surface area (Å²) in [4.78, 5) is 39.5. The van der Waals surface area contributed by atoms with Crippen LogP contribution >= 0.6 is 0 Å². The summed E-state index contributed by atoms with van der Waals surface area (Å²) in [5.41, 5.74) is 0.819. The number of cyclic esters (lactones) is 1.